The van der Waals surface area contributed by atoms with Crippen molar-refractivity contribution in [2.45, 2.75) is 65.1 Å². The molecule has 0 aliphatic heterocycles. The fraction of sp³-hybridized carbons (Fsp3) is 0.480. The molecule has 2 heterocycles. The topological polar surface area (TPSA) is 101 Å². The number of carbonyl (C=O) groups is 1. The zero-order valence-electron chi connectivity index (χ0n) is 21.1. The van der Waals surface area contributed by atoms with Crippen LogP contribution in [0.25, 0.3) is 11.2 Å². The number of nitrogens with one attached hydrogen (secondary N) is 2. The molecule has 184 valence electrons. The van der Waals surface area contributed by atoms with Gasteiger partial charge in [-0.1, -0.05) is 31.8 Å². The number of rotatable bonds is 10. The molecule has 0 unspecified atom stereocenters. The third-order valence-electron chi connectivity index (χ3n) is 5.13. The highest BCUT2D eigenvalue weighted by atomic mass is 28.3. The molecule has 0 saturated heterocycles. The van der Waals surface area contributed by atoms with Crippen LogP contribution in [0, 0.1) is 0 Å². The van der Waals surface area contributed by atoms with Crippen LogP contribution in [0.4, 0.5) is 11.5 Å². The zero-order valence-corrected chi connectivity index (χ0v) is 22.1. The molecule has 0 spiro atoms. The van der Waals surface area contributed by atoms with Crippen molar-refractivity contribution in [3.05, 3.63) is 47.8 Å². The van der Waals surface area contributed by atoms with E-state index in [1.807, 2.05) is 49.6 Å². The number of aliphatic hydroxyl groups excluding tert-OH is 1. The Morgan fingerprint density at radius 1 is 1.24 bits per heavy atom. The Kier molecular flexibility index (Phi) is 8.11. The Morgan fingerprint density at radius 3 is 2.68 bits per heavy atom. The number of aliphatic hydroxyl groups is 1. The number of carbonyl (C=O) groups excluding carboxylic acids is 1. The van der Waals surface area contributed by atoms with E-state index in [1.54, 1.807) is 12.4 Å². The van der Waals surface area contributed by atoms with Crippen LogP contribution in [0.3, 0.4) is 0 Å². The van der Waals surface area contributed by atoms with Crippen LogP contribution in [0.2, 0.25) is 25.7 Å². The standard InChI is InChI=1S/C25H37N5O3Si/c1-25(2,3)29-24(32)20-16-30(17-33-12-13-34(4,5)6)23-22(20)28-21(15-26-23)27-19-9-7-8-18(14-19)10-11-31/h7-9,14-16,31H,10-13,17H2,1-6H3,(H,27,28)(H,29,32). The maximum Gasteiger partial charge on any atom is 0.255 e. The van der Waals surface area contributed by atoms with E-state index in [2.05, 4.69) is 35.3 Å². The van der Waals surface area contributed by atoms with Crippen LogP contribution in [0.5, 0.6) is 0 Å². The van der Waals surface area contributed by atoms with E-state index in [-0.39, 0.29) is 18.1 Å². The molecule has 0 saturated carbocycles. The second-order valence-electron chi connectivity index (χ2n) is 10.8. The first-order valence-corrected chi connectivity index (χ1v) is 15.4. The minimum absolute atomic E-state index is 0.0923. The molecule has 2 aromatic heterocycles. The third-order valence-corrected chi connectivity index (χ3v) is 6.83. The molecule has 1 amide bonds. The number of benzene rings is 1. The molecule has 9 heteroatoms. The largest absolute Gasteiger partial charge is 0.396 e. The number of aromatic nitrogens is 3. The van der Waals surface area contributed by atoms with Gasteiger partial charge in [0.2, 0.25) is 0 Å². The van der Waals surface area contributed by atoms with Gasteiger partial charge in [-0.2, -0.15) is 0 Å². The first kappa shape index (κ1) is 25.9. The molecule has 0 aliphatic rings. The summed E-state index contributed by atoms with van der Waals surface area (Å²) in [6, 6.07) is 8.85. The summed E-state index contributed by atoms with van der Waals surface area (Å²) < 4.78 is 7.77. The van der Waals surface area contributed by atoms with Crippen molar-refractivity contribution in [3.63, 3.8) is 0 Å². The van der Waals surface area contributed by atoms with Crippen LogP contribution in [0.1, 0.15) is 36.7 Å². The lowest BCUT2D eigenvalue weighted by molar-refractivity contribution is 0.0886. The minimum Gasteiger partial charge on any atom is -0.396 e. The first-order chi connectivity index (χ1) is 15.9. The van der Waals surface area contributed by atoms with Gasteiger partial charge < -0.3 is 25.0 Å². The summed E-state index contributed by atoms with van der Waals surface area (Å²) in [6.45, 7) is 13.9. The number of anilines is 2. The highest BCUT2D eigenvalue weighted by Crippen LogP contribution is 2.23. The van der Waals surface area contributed by atoms with Crippen LogP contribution in [-0.4, -0.2) is 52.4 Å². The van der Waals surface area contributed by atoms with Crippen molar-refractivity contribution in [1.82, 2.24) is 19.9 Å². The molecule has 0 aliphatic carbocycles. The van der Waals surface area contributed by atoms with Crippen molar-refractivity contribution < 1.29 is 14.6 Å². The quantitative estimate of drug-likeness (QED) is 0.289. The van der Waals surface area contributed by atoms with Crippen molar-refractivity contribution in [2.75, 3.05) is 18.5 Å². The summed E-state index contributed by atoms with van der Waals surface area (Å²) in [6.07, 6.45) is 4.01. The summed E-state index contributed by atoms with van der Waals surface area (Å²) in [5, 5.41) is 15.5. The Bertz CT molecular complexity index is 1130. The molecule has 0 atom stereocenters. The summed E-state index contributed by atoms with van der Waals surface area (Å²) in [7, 11) is -1.19. The predicted molar refractivity (Wildman–Crippen MR) is 139 cm³/mol. The average Bonchev–Trinajstić information content (AvgIpc) is 3.08. The third kappa shape index (κ3) is 7.38. The van der Waals surface area contributed by atoms with Gasteiger partial charge in [0.25, 0.3) is 5.91 Å². The number of hydrogen-bond acceptors (Lipinski definition) is 6. The minimum atomic E-state index is -1.19. The van der Waals surface area contributed by atoms with Crippen LogP contribution < -0.4 is 10.6 Å². The Hall–Kier alpha value is -2.75. The summed E-state index contributed by atoms with van der Waals surface area (Å²) >= 11 is 0. The Morgan fingerprint density at radius 2 is 2.00 bits per heavy atom. The average molecular weight is 484 g/mol. The molecule has 3 N–H and O–H groups in total. The smallest absolute Gasteiger partial charge is 0.255 e. The molecule has 8 nitrogen and oxygen atoms in total. The summed E-state index contributed by atoms with van der Waals surface area (Å²) in [5.41, 5.74) is 3.07. The number of amides is 1. The molecular weight excluding hydrogens is 446 g/mol. The van der Waals surface area contributed by atoms with Gasteiger partial charge in [0.05, 0.1) is 11.8 Å². The van der Waals surface area contributed by atoms with E-state index in [1.165, 1.54) is 0 Å². The van der Waals surface area contributed by atoms with E-state index in [4.69, 9.17) is 9.72 Å². The second-order valence-corrected chi connectivity index (χ2v) is 16.4. The highest BCUT2D eigenvalue weighted by molar-refractivity contribution is 6.76. The van der Waals surface area contributed by atoms with Crippen molar-refractivity contribution >= 4 is 36.7 Å². The first-order valence-electron chi connectivity index (χ1n) is 11.7. The molecule has 0 bridgehead atoms. The highest BCUT2D eigenvalue weighted by Gasteiger charge is 2.22. The number of hydrogen-bond donors (Lipinski definition) is 3. The fourth-order valence-electron chi connectivity index (χ4n) is 3.41. The fourth-order valence-corrected chi connectivity index (χ4v) is 4.16. The summed E-state index contributed by atoms with van der Waals surface area (Å²) in [4.78, 5) is 22.4. The van der Waals surface area contributed by atoms with Crippen LogP contribution in [-0.2, 0) is 17.9 Å². The van der Waals surface area contributed by atoms with E-state index in [0.29, 0.717) is 42.3 Å². The molecule has 34 heavy (non-hydrogen) atoms. The monoisotopic (exact) mass is 483 g/mol. The lowest BCUT2D eigenvalue weighted by Crippen LogP contribution is -2.40. The normalized spacial score (nSPS) is 12.2. The van der Waals surface area contributed by atoms with Crippen molar-refractivity contribution in [3.8, 4) is 0 Å². The van der Waals surface area contributed by atoms with Gasteiger partial charge >= 0.3 is 0 Å². The SMILES string of the molecule is CC(C)(C)NC(=O)c1cn(COCC[Si](C)(C)C)c2ncc(Nc3cccc(CCO)c3)nc12. The second kappa shape index (κ2) is 10.7. The van der Waals surface area contributed by atoms with Gasteiger partial charge in [-0.25, -0.2) is 9.97 Å². The lowest BCUT2D eigenvalue weighted by atomic mass is 10.1. The predicted octanol–water partition coefficient (Wildman–Crippen LogP) is 4.55. The number of ether oxygens (including phenoxy) is 1. The molecule has 0 fully saturated rings. The van der Waals surface area contributed by atoms with Crippen LogP contribution in [0.15, 0.2) is 36.7 Å². The molecule has 1 aromatic carbocycles. The van der Waals surface area contributed by atoms with Gasteiger partial charge in [-0.05, 0) is 50.9 Å². The van der Waals surface area contributed by atoms with Gasteiger partial charge in [0.15, 0.2) is 5.65 Å². The van der Waals surface area contributed by atoms with Gasteiger partial charge in [0, 0.05) is 38.7 Å². The maximum atomic E-state index is 13.1. The van der Waals surface area contributed by atoms with Crippen molar-refractivity contribution in [1.29, 1.82) is 0 Å². The molecular formula is C25H37N5O3Si. The van der Waals surface area contributed by atoms with E-state index in [0.717, 1.165) is 17.3 Å². The maximum absolute atomic E-state index is 13.1. The van der Waals surface area contributed by atoms with Gasteiger partial charge in [-0.3, -0.25) is 4.79 Å². The molecule has 3 rings (SSSR count). The lowest BCUT2D eigenvalue weighted by Gasteiger charge is -2.20. The molecule has 0 radical (unpaired) electrons. The van der Waals surface area contributed by atoms with Gasteiger partial charge in [0.1, 0.15) is 18.1 Å². The van der Waals surface area contributed by atoms with E-state index < -0.39 is 8.07 Å². The van der Waals surface area contributed by atoms with Crippen LogP contribution >= 0.6 is 0 Å². The van der Waals surface area contributed by atoms with E-state index in [9.17, 15) is 9.90 Å². The Labute approximate surface area is 202 Å². The molecule has 3 aromatic rings. The zero-order chi connectivity index (χ0) is 24.9. The summed E-state index contributed by atoms with van der Waals surface area (Å²) in [5.74, 6) is 0.339. The Balaban J connectivity index is 1.90. The number of fused-ring (bicyclic) bond motifs is 1. The van der Waals surface area contributed by atoms with Gasteiger partial charge in [-0.15, -0.1) is 0 Å². The van der Waals surface area contributed by atoms with Crippen molar-refractivity contribution in [2.24, 2.45) is 0 Å². The van der Waals surface area contributed by atoms with E-state index >= 15 is 0 Å². The number of nitrogens with zero attached hydrogens (tertiary/aromatic N) is 3.